The first kappa shape index (κ1) is 8.88. The Morgan fingerprint density at radius 3 is 3.00 bits per heavy atom. The van der Waals surface area contributed by atoms with E-state index in [0.717, 1.165) is 0 Å². The van der Waals surface area contributed by atoms with Crippen molar-refractivity contribution >= 4 is 16.8 Å². The molecule has 0 N–H and O–H groups in total. The first-order valence-electron chi connectivity index (χ1n) is 4.57. The third kappa shape index (κ3) is 1.66. The summed E-state index contributed by atoms with van der Waals surface area (Å²) in [5.41, 5.74) is 1.33. The minimum atomic E-state index is 0.405. The van der Waals surface area contributed by atoms with E-state index in [9.17, 15) is 0 Å². The summed E-state index contributed by atoms with van der Waals surface area (Å²) in [5.74, 6) is 0.540. The van der Waals surface area contributed by atoms with E-state index in [2.05, 4.69) is 44.2 Å². The van der Waals surface area contributed by atoms with E-state index < -0.39 is 0 Å². The van der Waals surface area contributed by atoms with Crippen molar-refractivity contribution in [3.63, 3.8) is 0 Å². The van der Waals surface area contributed by atoms with Gasteiger partial charge in [-0.2, -0.15) is 5.10 Å². The molecule has 0 bridgehead atoms. The third-order valence-electron chi connectivity index (χ3n) is 2.11. The van der Waals surface area contributed by atoms with E-state index >= 15 is 0 Å². The topological polar surface area (TPSA) is 15.6 Å². The number of hydrogen-bond donors (Lipinski definition) is 0. The fourth-order valence-corrected chi connectivity index (χ4v) is 2.50. The summed E-state index contributed by atoms with van der Waals surface area (Å²) in [4.78, 5) is 0. The fraction of sp³-hybridized carbons (Fsp3) is 0.500. The molecule has 0 amide bonds. The van der Waals surface area contributed by atoms with Crippen molar-refractivity contribution in [2.24, 2.45) is 11.0 Å². The van der Waals surface area contributed by atoms with Gasteiger partial charge in [0.05, 0.1) is 5.04 Å². The van der Waals surface area contributed by atoms with Crippen LogP contribution in [0.1, 0.15) is 20.8 Å². The van der Waals surface area contributed by atoms with Crippen LogP contribution >= 0.6 is 11.8 Å². The first-order valence-corrected chi connectivity index (χ1v) is 5.45. The molecule has 0 spiro atoms. The summed E-state index contributed by atoms with van der Waals surface area (Å²) >= 11 is 1.85. The lowest BCUT2D eigenvalue weighted by Crippen LogP contribution is -2.18. The number of nitrogens with zero attached hydrogens (tertiary/aromatic N) is 2. The molecule has 0 saturated carbocycles. The Morgan fingerprint density at radius 1 is 1.54 bits per heavy atom. The summed E-state index contributed by atoms with van der Waals surface area (Å²) in [6.07, 6.45) is 6.41. The van der Waals surface area contributed by atoms with Crippen LogP contribution in [-0.4, -0.2) is 15.4 Å². The van der Waals surface area contributed by atoms with Crippen molar-refractivity contribution in [2.45, 2.75) is 26.1 Å². The Hall–Kier alpha value is -0.700. The number of fused-ring (bicyclic) bond motifs is 1. The van der Waals surface area contributed by atoms with Crippen molar-refractivity contribution in [3.05, 3.63) is 23.9 Å². The highest BCUT2D eigenvalue weighted by Crippen LogP contribution is 2.33. The maximum absolute atomic E-state index is 4.53. The third-order valence-corrected chi connectivity index (χ3v) is 3.49. The lowest BCUT2D eigenvalue weighted by atomic mass is 10.2. The van der Waals surface area contributed by atoms with Crippen LogP contribution in [-0.2, 0) is 0 Å². The highest BCUT2D eigenvalue weighted by Gasteiger charge is 2.26. The van der Waals surface area contributed by atoms with Crippen molar-refractivity contribution < 1.29 is 0 Å². The van der Waals surface area contributed by atoms with Gasteiger partial charge >= 0.3 is 0 Å². The second-order valence-electron chi connectivity index (χ2n) is 3.71. The van der Waals surface area contributed by atoms with Gasteiger partial charge in [-0.1, -0.05) is 31.2 Å². The normalized spacial score (nSPS) is 26.2. The molecule has 70 valence electrons. The Kier molecular flexibility index (Phi) is 2.20. The number of thioether (sulfide) groups is 1. The van der Waals surface area contributed by atoms with Gasteiger partial charge in [0, 0.05) is 12.1 Å². The smallest absolute Gasteiger partial charge is 0.122 e. The molecule has 0 aliphatic carbocycles. The van der Waals surface area contributed by atoms with E-state index in [1.54, 1.807) is 0 Å². The maximum atomic E-state index is 4.53. The molecule has 0 radical (unpaired) electrons. The highest BCUT2D eigenvalue weighted by molar-refractivity contribution is 8.14. The SMILES string of the molecule is CC1=CC2SC(C(C)C)=NN2C=C1. The minimum Gasteiger partial charge on any atom is -0.255 e. The summed E-state index contributed by atoms with van der Waals surface area (Å²) < 4.78 is 0. The molecular weight excluding hydrogens is 180 g/mol. The van der Waals surface area contributed by atoms with E-state index in [4.69, 9.17) is 0 Å². The van der Waals surface area contributed by atoms with Gasteiger partial charge in [0.15, 0.2) is 0 Å². The molecule has 0 aromatic heterocycles. The molecule has 2 heterocycles. The van der Waals surface area contributed by atoms with Gasteiger partial charge < -0.3 is 0 Å². The number of hydrazone groups is 1. The van der Waals surface area contributed by atoms with E-state index in [0.29, 0.717) is 11.3 Å². The predicted octanol–water partition coefficient (Wildman–Crippen LogP) is 2.80. The van der Waals surface area contributed by atoms with Gasteiger partial charge in [0.25, 0.3) is 0 Å². The van der Waals surface area contributed by atoms with E-state index in [1.807, 2.05) is 16.8 Å². The zero-order valence-electron chi connectivity index (χ0n) is 8.19. The molecule has 0 saturated heterocycles. The molecule has 2 aliphatic rings. The van der Waals surface area contributed by atoms with Gasteiger partial charge in [0.1, 0.15) is 5.37 Å². The van der Waals surface area contributed by atoms with Crippen molar-refractivity contribution in [1.29, 1.82) is 0 Å². The van der Waals surface area contributed by atoms with Crippen LogP contribution in [0.4, 0.5) is 0 Å². The molecule has 0 aromatic carbocycles. The number of hydrogen-bond acceptors (Lipinski definition) is 3. The average molecular weight is 194 g/mol. The van der Waals surface area contributed by atoms with E-state index in [-0.39, 0.29) is 0 Å². The van der Waals surface area contributed by atoms with Crippen molar-refractivity contribution in [1.82, 2.24) is 5.01 Å². The quantitative estimate of drug-likeness (QED) is 0.638. The standard InChI is InChI=1S/C10H14N2S/c1-7(2)10-11-12-5-4-8(3)6-9(12)13-10/h4-7,9H,1-3H3. The van der Waals surface area contributed by atoms with Crippen LogP contribution < -0.4 is 0 Å². The molecule has 3 heteroatoms. The van der Waals surface area contributed by atoms with Gasteiger partial charge in [-0.15, -0.1) is 0 Å². The summed E-state index contributed by atoms with van der Waals surface area (Å²) in [6, 6.07) is 0. The van der Waals surface area contributed by atoms with Crippen LogP contribution in [0.15, 0.2) is 29.0 Å². The Balaban J connectivity index is 2.17. The second kappa shape index (κ2) is 3.22. The van der Waals surface area contributed by atoms with Gasteiger partial charge in [-0.3, -0.25) is 5.01 Å². The zero-order chi connectivity index (χ0) is 9.42. The second-order valence-corrected chi connectivity index (χ2v) is 4.84. The largest absolute Gasteiger partial charge is 0.255 e. The van der Waals surface area contributed by atoms with Crippen LogP contribution in [0.5, 0.6) is 0 Å². The highest BCUT2D eigenvalue weighted by atomic mass is 32.2. The molecule has 2 rings (SSSR count). The minimum absolute atomic E-state index is 0.405. The predicted molar refractivity (Wildman–Crippen MR) is 58.4 cm³/mol. The monoisotopic (exact) mass is 194 g/mol. The van der Waals surface area contributed by atoms with Crippen LogP contribution in [0.25, 0.3) is 0 Å². The summed E-state index contributed by atoms with van der Waals surface area (Å²) in [5, 5.41) is 8.20. The van der Waals surface area contributed by atoms with Crippen LogP contribution in [0, 0.1) is 5.92 Å². The Bertz CT molecular complexity index is 302. The molecule has 1 unspecified atom stereocenters. The molecule has 2 aliphatic heterocycles. The zero-order valence-corrected chi connectivity index (χ0v) is 9.01. The van der Waals surface area contributed by atoms with Crippen molar-refractivity contribution in [3.8, 4) is 0 Å². The molecule has 0 fully saturated rings. The van der Waals surface area contributed by atoms with Gasteiger partial charge in [-0.05, 0) is 19.1 Å². The van der Waals surface area contributed by atoms with Gasteiger partial charge in [0.2, 0.25) is 0 Å². The number of rotatable bonds is 1. The molecule has 0 aromatic rings. The van der Waals surface area contributed by atoms with Crippen molar-refractivity contribution in [2.75, 3.05) is 0 Å². The van der Waals surface area contributed by atoms with E-state index in [1.165, 1.54) is 10.6 Å². The van der Waals surface area contributed by atoms with Crippen LogP contribution in [0.2, 0.25) is 0 Å². The molecule has 13 heavy (non-hydrogen) atoms. The molecular formula is C10H14N2S. The summed E-state index contributed by atoms with van der Waals surface area (Å²) in [7, 11) is 0. The Morgan fingerprint density at radius 2 is 2.31 bits per heavy atom. The van der Waals surface area contributed by atoms with Crippen LogP contribution in [0.3, 0.4) is 0 Å². The van der Waals surface area contributed by atoms with Gasteiger partial charge in [-0.25, -0.2) is 0 Å². The first-order chi connectivity index (χ1) is 6.16. The fourth-order valence-electron chi connectivity index (χ4n) is 1.33. The maximum Gasteiger partial charge on any atom is 0.122 e. The summed E-state index contributed by atoms with van der Waals surface area (Å²) in [6.45, 7) is 6.50. The lowest BCUT2D eigenvalue weighted by molar-refractivity contribution is 0.419. The number of allylic oxidation sites excluding steroid dienone is 2. The average Bonchev–Trinajstić information content (AvgIpc) is 2.46. The molecule has 2 nitrogen and oxygen atoms in total. The molecule has 1 atom stereocenters. The Labute approximate surface area is 83.4 Å². The lowest BCUT2D eigenvalue weighted by Gasteiger charge is -2.19.